The van der Waals surface area contributed by atoms with Crippen LogP contribution in [0.1, 0.15) is 37.9 Å². The molecule has 0 aromatic carbocycles. The van der Waals surface area contributed by atoms with E-state index < -0.39 is 5.41 Å². The lowest BCUT2D eigenvalue weighted by Gasteiger charge is -2.28. The molecule has 0 radical (unpaired) electrons. The van der Waals surface area contributed by atoms with E-state index in [1.807, 2.05) is 27.8 Å². The van der Waals surface area contributed by atoms with Crippen LogP contribution in [-0.4, -0.2) is 22.2 Å². The van der Waals surface area contributed by atoms with E-state index in [0.717, 1.165) is 24.1 Å². The zero-order chi connectivity index (χ0) is 13.8. The number of amides is 1. The summed E-state index contributed by atoms with van der Waals surface area (Å²) < 4.78 is 1.80. The summed E-state index contributed by atoms with van der Waals surface area (Å²) in [6.07, 6.45) is 3.31. The van der Waals surface area contributed by atoms with Crippen LogP contribution < -0.4 is 11.1 Å². The molecule has 0 atom stereocenters. The fourth-order valence-electron chi connectivity index (χ4n) is 2.03. The lowest BCUT2D eigenvalue weighted by molar-refractivity contribution is -0.131. The molecule has 0 unspecified atom stereocenters. The molecule has 5 heteroatoms. The van der Waals surface area contributed by atoms with Gasteiger partial charge in [-0.15, -0.1) is 0 Å². The number of rotatable bonds is 6. The van der Waals surface area contributed by atoms with Crippen molar-refractivity contribution in [3.05, 3.63) is 17.5 Å². The highest BCUT2D eigenvalue weighted by Crippen LogP contribution is 2.25. The summed E-state index contributed by atoms with van der Waals surface area (Å²) in [4.78, 5) is 12.2. The lowest BCUT2D eigenvalue weighted by Crippen LogP contribution is -2.45. The summed E-state index contributed by atoms with van der Waals surface area (Å²) in [5.41, 5.74) is 7.44. The van der Waals surface area contributed by atoms with Gasteiger partial charge in [-0.05, 0) is 19.8 Å². The zero-order valence-electron chi connectivity index (χ0n) is 11.8. The molecule has 0 bridgehead atoms. The summed E-state index contributed by atoms with van der Waals surface area (Å²) in [6.45, 7) is 6.90. The largest absolute Gasteiger partial charge is 0.351 e. The quantitative estimate of drug-likeness (QED) is 0.796. The molecule has 1 amide bonds. The van der Waals surface area contributed by atoms with Crippen molar-refractivity contribution in [2.75, 3.05) is 6.54 Å². The van der Waals surface area contributed by atoms with E-state index in [1.54, 1.807) is 10.9 Å². The first-order valence-electron chi connectivity index (χ1n) is 6.46. The van der Waals surface area contributed by atoms with Crippen molar-refractivity contribution >= 4 is 5.91 Å². The van der Waals surface area contributed by atoms with Gasteiger partial charge in [-0.3, -0.25) is 9.48 Å². The van der Waals surface area contributed by atoms with Gasteiger partial charge in [-0.1, -0.05) is 13.8 Å². The molecule has 0 fully saturated rings. The van der Waals surface area contributed by atoms with E-state index in [2.05, 4.69) is 10.4 Å². The second-order valence-electron chi connectivity index (χ2n) is 4.75. The highest BCUT2D eigenvalue weighted by atomic mass is 16.2. The highest BCUT2D eigenvalue weighted by molar-refractivity contribution is 5.82. The number of carbonyl (C=O) groups excluding carboxylic acids is 1. The molecule has 0 spiro atoms. The minimum atomic E-state index is -0.434. The summed E-state index contributed by atoms with van der Waals surface area (Å²) in [6, 6.07) is 0. The smallest absolute Gasteiger partial charge is 0.227 e. The lowest BCUT2D eigenvalue weighted by atomic mass is 9.81. The monoisotopic (exact) mass is 252 g/mol. The highest BCUT2D eigenvalue weighted by Gasteiger charge is 2.33. The molecule has 0 saturated carbocycles. The summed E-state index contributed by atoms with van der Waals surface area (Å²) in [5.74, 6) is 0.0400. The number of hydrogen-bond acceptors (Lipinski definition) is 3. The van der Waals surface area contributed by atoms with E-state index in [1.165, 1.54) is 0 Å². The number of hydrogen-bond donors (Lipinski definition) is 2. The van der Waals surface area contributed by atoms with Gasteiger partial charge in [0, 0.05) is 31.4 Å². The van der Waals surface area contributed by atoms with Gasteiger partial charge in [0.15, 0.2) is 0 Å². The second-order valence-corrected chi connectivity index (χ2v) is 4.75. The number of nitrogens with two attached hydrogens (primary N) is 1. The maximum Gasteiger partial charge on any atom is 0.227 e. The molecule has 0 aliphatic heterocycles. The van der Waals surface area contributed by atoms with Gasteiger partial charge in [0.05, 0.1) is 11.6 Å². The van der Waals surface area contributed by atoms with E-state index in [0.29, 0.717) is 13.1 Å². The van der Waals surface area contributed by atoms with Crippen molar-refractivity contribution in [2.45, 2.75) is 40.2 Å². The molecule has 5 nitrogen and oxygen atoms in total. The Morgan fingerprint density at radius 1 is 1.50 bits per heavy atom. The summed E-state index contributed by atoms with van der Waals surface area (Å²) in [5, 5.41) is 7.13. The predicted molar refractivity (Wildman–Crippen MR) is 71.9 cm³/mol. The molecule has 3 N–H and O–H groups in total. The second kappa shape index (κ2) is 6.00. The van der Waals surface area contributed by atoms with Crippen LogP contribution >= 0.6 is 0 Å². The van der Waals surface area contributed by atoms with E-state index in [-0.39, 0.29) is 5.91 Å². The van der Waals surface area contributed by atoms with Gasteiger partial charge in [0.25, 0.3) is 0 Å². The molecule has 102 valence electrons. The molecular weight excluding hydrogens is 228 g/mol. The predicted octanol–water partition coefficient (Wildman–Crippen LogP) is 1.11. The molecule has 0 aliphatic carbocycles. The van der Waals surface area contributed by atoms with Crippen molar-refractivity contribution in [3.63, 3.8) is 0 Å². The SMILES string of the molecule is CCC(CC)(CN)C(=O)NCc1cnn(C)c1C. The number of nitrogens with zero attached hydrogens (tertiary/aromatic N) is 2. The van der Waals surface area contributed by atoms with Gasteiger partial charge >= 0.3 is 0 Å². The molecule has 1 rings (SSSR count). The van der Waals surface area contributed by atoms with Crippen molar-refractivity contribution in [3.8, 4) is 0 Å². The van der Waals surface area contributed by atoms with Gasteiger partial charge in [-0.2, -0.15) is 5.10 Å². The van der Waals surface area contributed by atoms with E-state index >= 15 is 0 Å². The van der Waals surface area contributed by atoms with Gasteiger partial charge < -0.3 is 11.1 Å². The molecule has 1 heterocycles. The van der Waals surface area contributed by atoms with Gasteiger partial charge in [0.1, 0.15) is 0 Å². The Kier molecular flexibility index (Phi) is 4.90. The maximum absolute atomic E-state index is 12.2. The van der Waals surface area contributed by atoms with Gasteiger partial charge in [-0.25, -0.2) is 0 Å². The Balaban J connectivity index is 2.68. The van der Waals surface area contributed by atoms with Crippen LogP contribution in [-0.2, 0) is 18.4 Å². The third-order valence-electron chi connectivity index (χ3n) is 4.00. The normalized spacial score (nSPS) is 11.6. The third-order valence-corrected chi connectivity index (χ3v) is 4.00. The third kappa shape index (κ3) is 2.72. The summed E-state index contributed by atoms with van der Waals surface area (Å²) >= 11 is 0. The van der Waals surface area contributed by atoms with Crippen LogP contribution in [0.2, 0.25) is 0 Å². The topological polar surface area (TPSA) is 72.9 Å². The van der Waals surface area contributed by atoms with Crippen molar-refractivity contribution in [2.24, 2.45) is 18.2 Å². The number of nitrogens with one attached hydrogen (secondary N) is 1. The first-order chi connectivity index (χ1) is 8.50. The van der Waals surface area contributed by atoms with Crippen molar-refractivity contribution in [1.29, 1.82) is 0 Å². The van der Waals surface area contributed by atoms with Gasteiger partial charge in [0.2, 0.25) is 5.91 Å². The number of carbonyl (C=O) groups is 1. The van der Waals surface area contributed by atoms with E-state index in [4.69, 9.17) is 5.73 Å². The van der Waals surface area contributed by atoms with Crippen LogP contribution in [0.15, 0.2) is 6.20 Å². The van der Waals surface area contributed by atoms with Crippen molar-refractivity contribution in [1.82, 2.24) is 15.1 Å². The molecule has 18 heavy (non-hydrogen) atoms. The Hall–Kier alpha value is -1.36. The standard InChI is InChI=1S/C13H24N4O/c1-5-13(6-2,9-14)12(18)15-7-11-8-16-17(4)10(11)3/h8H,5-7,9,14H2,1-4H3,(H,15,18). The molecule has 1 aromatic heterocycles. The van der Waals surface area contributed by atoms with Crippen LogP contribution in [0.4, 0.5) is 0 Å². The number of aromatic nitrogens is 2. The fourth-order valence-corrected chi connectivity index (χ4v) is 2.03. The Bertz CT molecular complexity index is 399. The van der Waals surface area contributed by atoms with Crippen molar-refractivity contribution < 1.29 is 4.79 Å². The maximum atomic E-state index is 12.2. The average molecular weight is 252 g/mol. The molecular formula is C13H24N4O. The van der Waals surface area contributed by atoms with Crippen LogP contribution in [0, 0.1) is 12.3 Å². The fraction of sp³-hybridized carbons (Fsp3) is 0.692. The molecule has 1 aromatic rings. The minimum Gasteiger partial charge on any atom is -0.351 e. The van der Waals surface area contributed by atoms with Crippen LogP contribution in [0.25, 0.3) is 0 Å². The Labute approximate surface area is 109 Å². The Morgan fingerprint density at radius 3 is 2.50 bits per heavy atom. The average Bonchev–Trinajstić information content (AvgIpc) is 2.70. The summed E-state index contributed by atoms with van der Waals surface area (Å²) in [7, 11) is 1.89. The molecule has 0 saturated heterocycles. The number of aryl methyl sites for hydroxylation is 1. The first kappa shape index (κ1) is 14.7. The molecule has 0 aliphatic rings. The first-order valence-corrected chi connectivity index (χ1v) is 6.46. The van der Waals surface area contributed by atoms with Crippen LogP contribution in [0.3, 0.4) is 0 Å². The van der Waals surface area contributed by atoms with Crippen LogP contribution in [0.5, 0.6) is 0 Å². The zero-order valence-corrected chi connectivity index (χ0v) is 11.8. The Morgan fingerprint density at radius 2 is 2.11 bits per heavy atom. The van der Waals surface area contributed by atoms with E-state index in [9.17, 15) is 4.79 Å². The minimum absolute atomic E-state index is 0.0400.